The van der Waals surface area contributed by atoms with Crippen LogP contribution in [0.25, 0.3) is 0 Å². The lowest BCUT2D eigenvalue weighted by molar-refractivity contribution is 0.125. The van der Waals surface area contributed by atoms with Crippen LogP contribution in [0.15, 0.2) is 18.2 Å². The van der Waals surface area contributed by atoms with Crippen LogP contribution in [-0.2, 0) is 6.42 Å². The van der Waals surface area contributed by atoms with Gasteiger partial charge in [-0.1, -0.05) is 13.0 Å². The Labute approximate surface area is 94.1 Å². The Bertz CT molecular complexity index is 322. The zero-order chi connectivity index (χ0) is 12.2. The molecule has 0 aromatic heterocycles. The molecule has 0 spiro atoms. The summed E-state index contributed by atoms with van der Waals surface area (Å²) in [4.78, 5) is 0. The van der Waals surface area contributed by atoms with Crippen molar-refractivity contribution in [2.24, 2.45) is 11.1 Å². The van der Waals surface area contributed by atoms with Crippen LogP contribution in [0.2, 0.25) is 0 Å². The number of rotatable bonds is 5. The Hall–Kier alpha value is -1.00. The monoisotopic (exact) mass is 229 g/mol. The SMILES string of the molecule is CCC(CN)(CO)Cc1c(F)cccc1F. The first-order valence-electron chi connectivity index (χ1n) is 5.32. The average Bonchev–Trinajstić information content (AvgIpc) is 2.30. The van der Waals surface area contributed by atoms with Crippen LogP contribution in [0.5, 0.6) is 0 Å². The van der Waals surface area contributed by atoms with Crippen molar-refractivity contribution in [2.75, 3.05) is 13.2 Å². The van der Waals surface area contributed by atoms with Gasteiger partial charge in [0.15, 0.2) is 0 Å². The first-order valence-corrected chi connectivity index (χ1v) is 5.32. The quantitative estimate of drug-likeness (QED) is 0.809. The summed E-state index contributed by atoms with van der Waals surface area (Å²) in [5, 5.41) is 9.29. The van der Waals surface area contributed by atoms with Gasteiger partial charge in [-0.05, 0) is 25.0 Å². The minimum absolute atomic E-state index is 0.00356. The van der Waals surface area contributed by atoms with Crippen molar-refractivity contribution in [3.8, 4) is 0 Å². The van der Waals surface area contributed by atoms with Crippen molar-refractivity contribution in [3.05, 3.63) is 35.4 Å². The molecule has 0 radical (unpaired) electrons. The van der Waals surface area contributed by atoms with Gasteiger partial charge < -0.3 is 10.8 Å². The largest absolute Gasteiger partial charge is 0.396 e. The summed E-state index contributed by atoms with van der Waals surface area (Å²) in [5.41, 5.74) is 4.94. The van der Waals surface area contributed by atoms with Crippen LogP contribution < -0.4 is 5.73 Å². The summed E-state index contributed by atoms with van der Waals surface area (Å²) >= 11 is 0. The highest BCUT2D eigenvalue weighted by molar-refractivity contribution is 5.21. The fourth-order valence-electron chi connectivity index (χ4n) is 1.65. The average molecular weight is 229 g/mol. The van der Waals surface area contributed by atoms with Gasteiger partial charge in [-0.15, -0.1) is 0 Å². The maximum absolute atomic E-state index is 13.4. The summed E-state index contributed by atoms with van der Waals surface area (Å²) in [6, 6.07) is 3.75. The molecule has 90 valence electrons. The fourth-order valence-corrected chi connectivity index (χ4v) is 1.65. The molecule has 16 heavy (non-hydrogen) atoms. The fraction of sp³-hybridized carbons (Fsp3) is 0.500. The van der Waals surface area contributed by atoms with Gasteiger partial charge in [-0.2, -0.15) is 0 Å². The third-order valence-corrected chi connectivity index (χ3v) is 3.13. The topological polar surface area (TPSA) is 46.2 Å². The van der Waals surface area contributed by atoms with E-state index in [9.17, 15) is 13.9 Å². The van der Waals surface area contributed by atoms with E-state index in [1.165, 1.54) is 18.2 Å². The van der Waals surface area contributed by atoms with E-state index >= 15 is 0 Å². The number of aliphatic hydroxyl groups excluding tert-OH is 1. The second-order valence-corrected chi connectivity index (χ2v) is 4.09. The summed E-state index contributed by atoms with van der Waals surface area (Å²) in [6.07, 6.45) is 0.697. The lowest BCUT2D eigenvalue weighted by Crippen LogP contribution is -2.36. The molecule has 4 heteroatoms. The van der Waals surface area contributed by atoms with Crippen molar-refractivity contribution in [3.63, 3.8) is 0 Å². The molecular weight excluding hydrogens is 212 g/mol. The Morgan fingerprint density at radius 2 is 1.88 bits per heavy atom. The van der Waals surface area contributed by atoms with Crippen molar-refractivity contribution >= 4 is 0 Å². The molecule has 1 unspecified atom stereocenters. The molecule has 0 bridgehead atoms. The Morgan fingerprint density at radius 3 is 2.25 bits per heavy atom. The smallest absolute Gasteiger partial charge is 0.129 e. The minimum Gasteiger partial charge on any atom is -0.396 e. The zero-order valence-corrected chi connectivity index (χ0v) is 9.34. The van der Waals surface area contributed by atoms with E-state index in [2.05, 4.69) is 0 Å². The van der Waals surface area contributed by atoms with Gasteiger partial charge in [-0.25, -0.2) is 8.78 Å². The lowest BCUT2D eigenvalue weighted by Gasteiger charge is -2.29. The van der Waals surface area contributed by atoms with Crippen LogP contribution in [0.4, 0.5) is 8.78 Å². The van der Waals surface area contributed by atoms with Gasteiger partial charge in [-0.3, -0.25) is 0 Å². The first-order chi connectivity index (χ1) is 7.58. The molecule has 0 saturated heterocycles. The molecule has 1 rings (SSSR count). The predicted octanol–water partition coefficient (Wildman–Crippen LogP) is 1.85. The van der Waals surface area contributed by atoms with Gasteiger partial charge in [0.2, 0.25) is 0 Å². The summed E-state index contributed by atoms with van der Waals surface area (Å²) < 4.78 is 26.9. The van der Waals surface area contributed by atoms with Crippen LogP contribution in [-0.4, -0.2) is 18.3 Å². The number of nitrogens with two attached hydrogens (primary N) is 1. The molecule has 0 saturated carbocycles. The highest BCUT2D eigenvalue weighted by atomic mass is 19.1. The zero-order valence-electron chi connectivity index (χ0n) is 9.34. The summed E-state index contributed by atoms with van der Waals surface area (Å²) in [5.74, 6) is -1.17. The molecule has 0 aliphatic carbocycles. The molecule has 0 aliphatic rings. The Morgan fingerprint density at radius 1 is 1.31 bits per heavy atom. The standard InChI is InChI=1S/C12H17F2NO/c1-2-12(7-15,8-16)6-9-10(13)4-3-5-11(9)14/h3-5,16H,2,6-8,15H2,1H3. The number of hydrogen-bond acceptors (Lipinski definition) is 2. The molecule has 3 N–H and O–H groups in total. The van der Waals surface area contributed by atoms with Gasteiger partial charge in [0, 0.05) is 17.5 Å². The van der Waals surface area contributed by atoms with E-state index in [0.717, 1.165) is 0 Å². The second kappa shape index (κ2) is 5.37. The molecule has 0 heterocycles. The van der Waals surface area contributed by atoms with Crippen LogP contribution in [0.1, 0.15) is 18.9 Å². The summed E-state index contributed by atoms with van der Waals surface area (Å²) in [6.45, 7) is 1.88. The number of hydrogen-bond donors (Lipinski definition) is 2. The maximum Gasteiger partial charge on any atom is 0.129 e. The number of aliphatic hydroxyl groups is 1. The van der Waals surface area contributed by atoms with Gasteiger partial charge >= 0.3 is 0 Å². The molecule has 2 nitrogen and oxygen atoms in total. The predicted molar refractivity (Wildman–Crippen MR) is 58.9 cm³/mol. The molecule has 0 amide bonds. The van der Waals surface area contributed by atoms with Gasteiger partial charge in [0.25, 0.3) is 0 Å². The van der Waals surface area contributed by atoms with Crippen molar-refractivity contribution in [1.29, 1.82) is 0 Å². The highest BCUT2D eigenvalue weighted by Crippen LogP contribution is 2.27. The molecule has 1 aromatic rings. The number of benzene rings is 1. The van der Waals surface area contributed by atoms with Gasteiger partial charge in [0.1, 0.15) is 11.6 Å². The molecular formula is C12H17F2NO. The van der Waals surface area contributed by atoms with E-state index in [1.807, 2.05) is 6.92 Å². The normalized spacial score (nSPS) is 14.8. The molecule has 0 aliphatic heterocycles. The lowest BCUT2D eigenvalue weighted by atomic mass is 9.80. The van der Waals surface area contributed by atoms with Crippen molar-refractivity contribution < 1.29 is 13.9 Å². The number of halogens is 2. The minimum atomic E-state index is -0.636. The van der Waals surface area contributed by atoms with Crippen molar-refractivity contribution in [2.45, 2.75) is 19.8 Å². The Balaban J connectivity index is 3.02. The highest BCUT2D eigenvalue weighted by Gasteiger charge is 2.28. The van der Waals surface area contributed by atoms with E-state index < -0.39 is 17.0 Å². The first kappa shape index (κ1) is 13.1. The summed E-state index contributed by atoms with van der Waals surface area (Å²) in [7, 11) is 0. The molecule has 0 fully saturated rings. The Kier molecular flexibility index (Phi) is 4.38. The second-order valence-electron chi connectivity index (χ2n) is 4.09. The van der Waals surface area contributed by atoms with Crippen LogP contribution >= 0.6 is 0 Å². The van der Waals surface area contributed by atoms with Crippen molar-refractivity contribution in [1.82, 2.24) is 0 Å². The third kappa shape index (κ3) is 2.57. The maximum atomic E-state index is 13.4. The van der Waals surface area contributed by atoms with Crippen LogP contribution in [0.3, 0.4) is 0 Å². The van der Waals surface area contributed by atoms with E-state index in [-0.39, 0.29) is 25.1 Å². The molecule has 1 atom stereocenters. The van der Waals surface area contributed by atoms with E-state index in [0.29, 0.717) is 6.42 Å². The third-order valence-electron chi connectivity index (χ3n) is 3.13. The van der Waals surface area contributed by atoms with E-state index in [4.69, 9.17) is 5.73 Å². The van der Waals surface area contributed by atoms with E-state index in [1.54, 1.807) is 0 Å². The van der Waals surface area contributed by atoms with Crippen LogP contribution in [0, 0.1) is 17.0 Å². The molecule has 1 aromatic carbocycles. The van der Waals surface area contributed by atoms with Gasteiger partial charge in [0.05, 0.1) is 6.61 Å².